The number of anilines is 1. The number of aliphatic hydroxyl groups is 1. The molecule has 1 aromatic carbocycles. The fourth-order valence-corrected chi connectivity index (χ4v) is 10.1. The van der Waals surface area contributed by atoms with Crippen molar-refractivity contribution in [2.75, 3.05) is 5.01 Å². The Labute approximate surface area is 235 Å². The van der Waals surface area contributed by atoms with Gasteiger partial charge in [0.1, 0.15) is 0 Å². The number of para-hydroxylation sites is 1. The Morgan fingerprint density at radius 2 is 1.79 bits per heavy atom. The summed E-state index contributed by atoms with van der Waals surface area (Å²) in [5.41, 5.74) is 5.79. The molecule has 4 aliphatic carbocycles. The number of halogens is 1. The summed E-state index contributed by atoms with van der Waals surface area (Å²) < 4.78 is 1.08. The number of allylic oxidation sites excluding steroid dienone is 1. The summed E-state index contributed by atoms with van der Waals surface area (Å²) in [6.07, 6.45) is 14.8. The molecule has 3 saturated carbocycles. The van der Waals surface area contributed by atoms with Gasteiger partial charge in [-0.3, -0.25) is 9.99 Å². The van der Waals surface area contributed by atoms with E-state index in [1.54, 1.807) is 5.57 Å². The molecule has 0 radical (unpaired) electrons. The van der Waals surface area contributed by atoms with Gasteiger partial charge in [-0.25, -0.2) is 0 Å². The zero-order valence-corrected chi connectivity index (χ0v) is 24.3. The molecule has 1 aromatic heterocycles. The van der Waals surface area contributed by atoms with Crippen LogP contribution in [0.1, 0.15) is 83.4 Å². The molecule has 0 bridgehead atoms. The Morgan fingerprint density at radius 1 is 0.947 bits per heavy atom. The van der Waals surface area contributed by atoms with E-state index in [0.29, 0.717) is 16.7 Å². The van der Waals surface area contributed by atoms with Crippen LogP contribution in [0.5, 0.6) is 0 Å². The number of benzene rings is 1. The van der Waals surface area contributed by atoms with Gasteiger partial charge in [-0.2, -0.15) is 5.10 Å². The van der Waals surface area contributed by atoms with Crippen molar-refractivity contribution in [3.8, 4) is 0 Å². The molecule has 7 rings (SSSR count). The molecule has 2 aromatic rings. The predicted octanol–water partition coefficient (Wildman–Crippen LogP) is 8.09. The molecule has 0 saturated heterocycles. The first kappa shape index (κ1) is 25.0. The molecule has 4 nitrogen and oxygen atoms in total. The number of pyridine rings is 1. The van der Waals surface area contributed by atoms with Crippen molar-refractivity contribution >= 4 is 27.3 Å². The van der Waals surface area contributed by atoms with Crippen LogP contribution in [0.4, 0.5) is 5.69 Å². The van der Waals surface area contributed by atoms with Gasteiger partial charge in [0.2, 0.25) is 0 Å². The molecule has 1 unspecified atom stereocenters. The number of aliphatic hydroxyl groups excluding tert-OH is 1. The highest BCUT2D eigenvalue weighted by Gasteiger charge is 2.59. The lowest BCUT2D eigenvalue weighted by Crippen LogP contribution is -2.51. The highest BCUT2D eigenvalue weighted by Crippen LogP contribution is 2.67. The highest BCUT2D eigenvalue weighted by molar-refractivity contribution is 9.10. The lowest BCUT2D eigenvalue weighted by atomic mass is 9.47. The second kappa shape index (κ2) is 9.30. The number of fused-ring (bicyclic) bond motifs is 5. The van der Waals surface area contributed by atoms with E-state index in [9.17, 15) is 5.11 Å². The molecule has 5 aliphatic rings. The molecular weight excluding hydrogens is 534 g/mol. The van der Waals surface area contributed by atoms with Crippen LogP contribution in [-0.4, -0.2) is 21.9 Å². The monoisotopic (exact) mass is 573 g/mol. The third-order valence-corrected chi connectivity index (χ3v) is 12.2. The van der Waals surface area contributed by atoms with Crippen molar-refractivity contribution < 1.29 is 5.11 Å². The number of nitrogens with zero attached hydrogens (tertiary/aromatic N) is 3. The summed E-state index contributed by atoms with van der Waals surface area (Å²) in [6.45, 7) is 5.14. The fraction of sp³-hybridized carbons (Fsp3) is 0.576. The van der Waals surface area contributed by atoms with Gasteiger partial charge >= 0.3 is 0 Å². The maximum atomic E-state index is 10.4. The summed E-state index contributed by atoms with van der Waals surface area (Å²) in [5.74, 6) is 2.85. The summed E-state index contributed by atoms with van der Waals surface area (Å²) in [7, 11) is 0. The third-order valence-electron chi connectivity index (χ3n) is 11.5. The largest absolute Gasteiger partial charge is 0.393 e. The summed E-state index contributed by atoms with van der Waals surface area (Å²) >= 11 is 3.80. The van der Waals surface area contributed by atoms with Crippen molar-refractivity contribution in [1.29, 1.82) is 0 Å². The Bertz CT molecular complexity index is 1280. The van der Waals surface area contributed by atoms with Crippen LogP contribution in [0.2, 0.25) is 0 Å². The topological polar surface area (TPSA) is 48.7 Å². The Morgan fingerprint density at radius 3 is 2.61 bits per heavy atom. The second-order valence-corrected chi connectivity index (χ2v) is 14.0. The van der Waals surface area contributed by atoms with Crippen LogP contribution >= 0.6 is 15.9 Å². The minimum absolute atomic E-state index is 0.129. The highest BCUT2D eigenvalue weighted by atomic mass is 79.9. The maximum absolute atomic E-state index is 10.4. The molecule has 1 aliphatic heterocycles. The van der Waals surface area contributed by atoms with E-state index in [-0.39, 0.29) is 12.1 Å². The first-order chi connectivity index (χ1) is 18.4. The first-order valence-corrected chi connectivity index (χ1v) is 15.6. The third kappa shape index (κ3) is 3.78. The van der Waals surface area contributed by atoms with E-state index in [1.807, 2.05) is 12.3 Å². The van der Waals surface area contributed by atoms with E-state index >= 15 is 0 Å². The number of hydrogen-bond acceptors (Lipinski definition) is 4. The van der Waals surface area contributed by atoms with Crippen molar-refractivity contribution in [2.45, 2.75) is 83.8 Å². The van der Waals surface area contributed by atoms with Gasteiger partial charge in [0.05, 0.1) is 23.5 Å². The molecule has 8 atom stereocenters. The van der Waals surface area contributed by atoms with E-state index in [4.69, 9.17) is 10.1 Å². The number of rotatable bonds is 3. The minimum Gasteiger partial charge on any atom is -0.393 e. The number of aromatic nitrogens is 1. The van der Waals surface area contributed by atoms with Gasteiger partial charge in [0.15, 0.2) is 0 Å². The Kier molecular flexibility index (Phi) is 6.12. The molecule has 5 heteroatoms. The summed E-state index contributed by atoms with van der Waals surface area (Å²) in [6, 6.07) is 14.9. The van der Waals surface area contributed by atoms with Crippen LogP contribution in [0.15, 0.2) is 69.9 Å². The van der Waals surface area contributed by atoms with Gasteiger partial charge < -0.3 is 5.11 Å². The van der Waals surface area contributed by atoms with Crippen LogP contribution < -0.4 is 5.01 Å². The average Bonchev–Trinajstić information content (AvgIpc) is 3.51. The van der Waals surface area contributed by atoms with Gasteiger partial charge in [-0.15, -0.1) is 0 Å². The molecule has 0 spiro atoms. The van der Waals surface area contributed by atoms with Crippen LogP contribution in [-0.2, 0) is 0 Å². The van der Waals surface area contributed by atoms with Crippen LogP contribution in [0, 0.1) is 34.5 Å². The second-order valence-electron chi connectivity index (χ2n) is 13.2. The smallest absolute Gasteiger partial charge is 0.0999 e. The Balaban J connectivity index is 1.20. The number of hydrazone groups is 1. The zero-order chi connectivity index (χ0) is 26.1. The number of hydrogen-bond donors (Lipinski definition) is 1. The van der Waals surface area contributed by atoms with Gasteiger partial charge in [-0.1, -0.05) is 43.7 Å². The SMILES string of the molecule is C[C@]12CC[C@H]3[C@@H](CC=C4C[C@@H](O)CC[C@@]43C)[C@@H]1CC[C@@H]2C1=NN(c2ccccc2Br)C(c2ccccn2)C1. The average molecular weight is 575 g/mol. The lowest BCUT2D eigenvalue weighted by Gasteiger charge is -2.58. The molecular formula is C33H40BrN3O. The molecule has 200 valence electrons. The van der Waals surface area contributed by atoms with Gasteiger partial charge in [0, 0.05) is 28.7 Å². The van der Waals surface area contributed by atoms with E-state index in [2.05, 4.69) is 77.3 Å². The zero-order valence-electron chi connectivity index (χ0n) is 22.7. The fourth-order valence-electron chi connectivity index (χ4n) is 9.60. The van der Waals surface area contributed by atoms with Crippen molar-refractivity contribution in [3.63, 3.8) is 0 Å². The van der Waals surface area contributed by atoms with E-state index in [1.165, 1.54) is 37.8 Å². The summed E-state index contributed by atoms with van der Waals surface area (Å²) in [4.78, 5) is 4.78. The molecule has 2 heterocycles. The van der Waals surface area contributed by atoms with E-state index < -0.39 is 0 Å². The minimum atomic E-state index is -0.129. The van der Waals surface area contributed by atoms with Crippen molar-refractivity contribution in [3.05, 3.63) is 70.5 Å². The lowest BCUT2D eigenvalue weighted by molar-refractivity contribution is -0.0424. The predicted molar refractivity (Wildman–Crippen MR) is 157 cm³/mol. The van der Waals surface area contributed by atoms with E-state index in [0.717, 1.165) is 59.3 Å². The van der Waals surface area contributed by atoms with Crippen LogP contribution in [0.3, 0.4) is 0 Å². The van der Waals surface area contributed by atoms with Crippen LogP contribution in [0.25, 0.3) is 0 Å². The van der Waals surface area contributed by atoms with Gasteiger partial charge in [0.25, 0.3) is 0 Å². The van der Waals surface area contributed by atoms with Gasteiger partial charge in [-0.05, 0) is 120 Å². The normalized spacial score (nSPS) is 40.2. The quantitative estimate of drug-likeness (QED) is 0.377. The molecule has 1 N–H and O–H groups in total. The molecule has 3 fully saturated rings. The standard InChI is InChI=1S/C33H40BrN3O/c1-32-16-14-22(38)19-21(32)10-11-23-24-12-13-26(33(24,2)17-15-25(23)32)29-20-31(28-8-5-6-18-35-28)37(36-29)30-9-4-3-7-27(30)34/h3-10,18,22-26,31,38H,11-17,19-20H2,1-2H3/t22-,23-,24-,25-,26+,31?,32-,33-/m0/s1. The maximum Gasteiger partial charge on any atom is 0.0999 e. The van der Waals surface area contributed by atoms with Crippen molar-refractivity contribution in [2.24, 2.45) is 39.6 Å². The van der Waals surface area contributed by atoms with Crippen molar-refractivity contribution in [1.82, 2.24) is 4.98 Å². The molecule has 38 heavy (non-hydrogen) atoms. The first-order valence-electron chi connectivity index (χ1n) is 14.8. The molecule has 0 amide bonds. The summed E-state index contributed by atoms with van der Waals surface area (Å²) in [5, 5.41) is 18.0. The Hall–Kier alpha value is -1.98.